The highest BCUT2D eigenvalue weighted by atomic mass is 16.4. The Morgan fingerprint density at radius 3 is 3.08 bits per heavy atom. The summed E-state index contributed by atoms with van der Waals surface area (Å²) < 4.78 is 4.94. The minimum atomic E-state index is -0.757. The minimum absolute atomic E-state index is 0.226. The summed E-state index contributed by atoms with van der Waals surface area (Å²) in [5, 5.41) is 17.8. The van der Waals surface area contributed by atoms with Crippen LogP contribution in [-0.2, 0) is 0 Å². The van der Waals surface area contributed by atoms with Gasteiger partial charge in [0, 0.05) is 12.0 Å². The van der Waals surface area contributed by atoms with E-state index in [2.05, 4.69) is 6.58 Å². The van der Waals surface area contributed by atoms with Gasteiger partial charge >= 0.3 is 0 Å². The summed E-state index contributed by atoms with van der Waals surface area (Å²) in [6.07, 6.45) is 0.949. The molecule has 1 atom stereocenters. The molecule has 3 nitrogen and oxygen atoms in total. The monoisotopic (exact) mass is 163 g/mol. The van der Waals surface area contributed by atoms with Gasteiger partial charge in [0.05, 0.1) is 12.3 Å². The molecule has 0 aliphatic rings. The Morgan fingerprint density at radius 1 is 1.83 bits per heavy atom. The molecule has 1 rings (SSSR count). The van der Waals surface area contributed by atoms with Crippen LogP contribution in [0.1, 0.15) is 18.3 Å². The molecule has 3 heteroatoms. The summed E-state index contributed by atoms with van der Waals surface area (Å²) in [4.78, 5) is 0. The van der Waals surface area contributed by atoms with Gasteiger partial charge in [-0.2, -0.15) is 5.26 Å². The quantitative estimate of drug-likeness (QED) is 0.691. The third kappa shape index (κ3) is 1.97. The van der Waals surface area contributed by atoms with Crippen molar-refractivity contribution in [2.75, 3.05) is 0 Å². The lowest BCUT2D eigenvalue weighted by molar-refractivity contribution is 0.151. The van der Waals surface area contributed by atoms with Crippen molar-refractivity contribution < 1.29 is 9.52 Å². The first-order valence-electron chi connectivity index (χ1n) is 3.53. The van der Waals surface area contributed by atoms with E-state index in [0.29, 0.717) is 11.3 Å². The van der Waals surface area contributed by atoms with E-state index in [0.717, 1.165) is 0 Å². The Morgan fingerprint density at radius 2 is 2.58 bits per heavy atom. The molecule has 0 saturated carbocycles. The first kappa shape index (κ1) is 8.57. The summed E-state index contributed by atoms with van der Waals surface area (Å²) >= 11 is 0. The van der Waals surface area contributed by atoms with E-state index in [1.807, 2.05) is 6.07 Å². The van der Waals surface area contributed by atoms with Gasteiger partial charge in [-0.05, 0) is 12.1 Å². The SMILES string of the molecule is C=C(C#N)CC(O)c1ccco1. The number of aliphatic hydroxyl groups is 1. The van der Waals surface area contributed by atoms with Crippen LogP contribution in [0.3, 0.4) is 0 Å². The van der Waals surface area contributed by atoms with Crippen LogP contribution < -0.4 is 0 Å². The fourth-order valence-electron chi connectivity index (χ4n) is 0.861. The maximum atomic E-state index is 9.41. The zero-order chi connectivity index (χ0) is 8.97. The molecule has 1 N–H and O–H groups in total. The smallest absolute Gasteiger partial charge is 0.132 e. The van der Waals surface area contributed by atoms with E-state index in [1.165, 1.54) is 6.26 Å². The molecule has 0 spiro atoms. The number of hydrogen-bond acceptors (Lipinski definition) is 3. The lowest BCUT2D eigenvalue weighted by atomic mass is 10.1. The molecule has 0 aromatic carbocycles. The fourth-order valence-corrected chi connectivity index (χ4v) is 0.861. The number of furan rings is 1. The van der Waals surface area contributed by atoms with Crippen molar-refractivity contribution in [1.29, 1.82) is 5.26 Å². The molecule has 0 fully saturated rings. The minimum Gasteiger partial charge on any atom is -0.467 e. The van der Waals surface area contributed by atoms with Crippen molar-refractivity contribution in [3.63, 3.8) is 0 Å². The fraction of sp³-hybridized carbons (Fsp3) is 0.222. The first-order valence-corrected chi connectivity index (χ1v) is 3.53. The van der Waals surface area contributed by atoms with Gasteiger partial charge in [-0.25, -0.2) is 0 Å². The topological polar surface area (TPSA) is 57.2 Å². The van der Waals surface area contributed by atoms with E-state index in [1.54, 1.807) is 12.1 Å². The zero-order valence-electron chi connectivity index (χ0n) is 6.53. The molecule has 0 aliphatic heterocycles. The normalized spacial score (nSPS) is 12.0. The number of hydrogen-bond donors (Lipinski definition) is 1. The number of nitrogens with zero attached hydrogens (tertiary/aromatic N) is 1. The van der Waals surface area contributed by atoms with Gasteiger partial charge in [0.2, 0.25) is 0 Å². The number of rotatable bonds is 3. The van der Waals surface area contributed by atoms with Crippen molar-refractivity contribution in [3.8, 4) is 6.07 Å². The average molecular weight is 163 g/mol. The van der Waals surface area contributed by atoms with Gasteiger partial charge < -0.3 is 9.52 Å². The van der Waals surface area contributed by atoms with Gasteiger partial charge in [0.1, 0.15) is 11.9 Å². The molecule has 0 amide bonds. The molecule has 1 aromatic rings. The van der Waals surface area contributed by atoms with Gasteiger partial charge in [-0.15, -0.1) is 0 Å². The largest absolute Gasteiger partial charge is 0.467 e. The van der Waals surface area contributed by atoms with Crippen LogP contribution in [-0.4, -0.2) is 5.11 Å². The van der Waals surface area contributed by atoms with Gasteiger partial charge in [0.15, 0.2) is 0 Å². The molecule has 0 bridgehead atoms. The summed E-state index contributed by atoms with van der Waals surface area (Å²) in [6.45, 7) is 3.46. The number of nitriles is 1. The molecular weight excluding hydrogens is 154 g/mol. The Balaban J connectivity index is 2.57. The molecular formula is C9H9NO2. The second-order valence-electron chi connectivity index (χ2n) is 2.45. The maximum Gasteiger partial charge on any atom is 0.132 e. The van der Waals surface area contributed by atoms with Crippen molar-refractivity contribution >= 4 is 0 Å². The Kier molecular flexibility index (Phi) is 2.67. The van der Waals surface area contributed by atoms with Crippen molar-refractivity contribution in [3.05, 3.63) is 36.3 Å². The average Bonchev–Trinajstić information content (AvgIpc) is 2.56. The van der Waals surface area contributed by atoms with Gasteiger partial charge in [-0.3, -0.25) is 0 Å². The summed E-state index contributed by atoms with van der Waals surface area (Å²) in [7, 11) is 0. The summed E-state index contributed by atoms with van der Waals surface area (Å²) in [5.41, 5.74) is 0.346. The molecule has 0 aliphatic carbocycles. The summed E-state index contributed by atoms with van der Waals surface area (Å²) in [6, 6.07) is 5.21. The zero-order valence-corrected chi connectivity index (χ0v) is 6.53. The van der Waals surface area contributed by atoms with E-state index in [9.17, 15) is 5.11 Å². The number of aliphatic hydroxyl groups excluding tert-OH is 1. The van der Waals surface area contributed by atoms with Crippen LogP contribution in [0.15, 0.2) is 35.0 Å². The van der Waals surface area contributed by atoms with Crippen LogP contribution >= 0.6 is 0 Å². The second-order valence-corrected chi connectivity index (χ2v) is 2.45. The van der Waals surface area contributed by atoms with Crippen LogP contribution in [0.4, 0.5) is 0 Å². The second kappa shape index (κ2) is 3.74. The predicted molar refractivity (Wildman–Crippen MR) is 43.0 cm³/mol. The highest BCUT2D eigenvalue weighted by Gasteiger charge is 2.10. The molecule has 62 valence electrons. The standard InChI is InChI=1S/C9H9NO2/c1-7(6-10)5-8(11)9-3-2-4-12-9/h2-4,8,11H,1,5H2. The molecule has 1 heterocycles. The Hall–Kier alpha value is -1.53. The first-order chi connectivity index (χ1) is 5.74. The van der Waals surface area contributed by atoms with Crippen molar-refractivity contribution in [2.24, 2.45) is 0 Å². The Labute approximate surface area is 70.5 Å². The van der Waals surface area contributed by atoms with Crippen LogP contribution in [0.5, 0.6) is 0 Å². The molecule has 0 saturated heterocycles. The molecule has 0 radical (unpaired) electrons. The van der Waals surface area contributed by atoms with Crippen LogP contribution in [0, 0.1) is 11.3 Å². The highest BCUT2D eigenvalue weighted by Crippen LogP contribution is 2.19. The Bertz CT molecular complexity index is 295. The third-order valence-electron chi connectivity index (χ3n) is 1.47. The van der Waals surface area contributed by atoms with Crippen molar-refractivity contribution in [1.82, 2.24) is 0 Å². The highest BCUT2D eigenvalue weighted by molar-refractivity contribution is 5.18. The third-order valence-corrected chi connectivity index (χ3v) is 1.47. The van der Waals surface area contributed by atoms with E-state index >= 15 is 0 Å². The summed E-state index contributed by atoms with van der Waals surface area (Å²) in [5.74, 6) is 0.464. The molecule has 1 unspecified atom stereocenters. The van der Waals surface area contributed by atoms with E-state index in [-0.39, 0.29) is 6.42 Å². The van der Waals surface area contributed by atoms with E-state index in [4.69, 9.17) is 9.68 Å². The van der Waals surface area contributed by atoms with Crippen LogP contribution in [0.25, 0.3) is 0 Å². The van der Waals surface area contributed by atoms with Crippen LogP contribution in [0.2, 0.25) is 0 Å². The van der Waals surface area contributed by atoms with Gasteiger partial charge in [-0.1, -0.05) is 6.58 Å². The van der Waals surface area contributed by atoms with Crippen molar-refractivity contribution in [2.45, 2.75) is 12.5 Å². The lowest BCUT2D eigenvalue weighted by Gasteiger charge is -2.04. The maximum absolute atomic E-state index is 9.41. The molecule has 1 aromatic heterocycles. The predicted octanol–water partition coefficient (Wildman–Crippen LogP) is 1.78. The molecule has 12 heavy (non-hydrogen) atoms. The lowest BCUT2D eigenvalue weighted by Crippen LogP contribution is -1.95. The van der Waals surface area contributed by atoms with Gasteiger partial charge in [0.25, 0.3) is 0 Å². The van der Waals surface area contributed by atoms with E-state index < -0.39 is 6.10 Å².